The predicted octanol–water partition coefficient (Wildman–Crippen LogP) is 2.24. The third kappa shape index (κ3) is 1.40. The molecule has 0 N–H and O–H groups in total. The van der Waals surface area contributed by atoms with Crippen LogP contribution in [0.5, 0.6) is 0 Å². The van der Waals surface area contributed by atoms with Crippen molar-refractivity contribution >= 4 is 0 Å². The molecule has 1 aliphatic rings. The van der Waals surface area contributed by atoms with Crippen LogP contribution in [-0.4, -0.2) is 13.2 Å². The smallest absolute Gasteiger partial charge is 0.0535 e. The molecule has 0 spiro atoms. The first-order chi connectivity index (χ1) is 4.67. The van der Waals surface area contributed by atoms with E-state index in [1.807, 2.05) is 0 Å². The Balaban J connectivity index is 2.59. The fourth-order valence-corrected chi connectivity index (χ4v) is 1.33. The van der Waals surface area contributed by atoms with Gasteiger partial charge < -0.3 is 4.74 Å². The molecule has 58 valence electrons. The minimum Gasteiger partial charge on any atom is -0.380 e. The van der Waals surface area contributed by atoms with Crippen LogP contribution in [0.1, 0.15) is 20.8 Å². The van der Waals surface area contributed by atoms with E-state index in [2.05, 4.69) is 32.9 Å². The first-order valence-electron chi connectivity index (χ1n) is 3.87. The summed E-state index contributed by atoms with van der Waals surface area (Å²) < 4.78 is 5.37. The summed E-state index contributed by atoms with van der Waals surface area (Å²) >= 11 is 0. The van der Waals surface area contributed by atoms with E-state index in [4.69, 9.17) is 4.74 Å². The van der Waals surface area contributed by atoms with E-state index < -0.39 is 0 Å². The average molecular weight is 140 g/mol. The van der Waals surface area contributed by atoms with Gasteiger partial charge in [-0.1, -0.05) is 26.0 Å². The SMILES string of the molecule is C/C=C\[C@H]1COCC1(C)C. The van der Waals surface area contributed by atoms with Crippen LogP contribution >= 0.6 is 0 Å². The van der Waals surface area contributed by atoms with Gasteiger partial charge in [0, 0.05) is 5.92 Å². The molecular formula is C9H16O. The van der Waals surface area contributed by atoms with Crippen molar-refractivity contribution in [3.63, 3.8) is 0 Å². The Hall–Kier alpha value is -0.300. The average Bonchev–Trinajstić information content (AvgIpc) is 2.13. The molecule has 1 aliphatic heterocycles. The largest absolute Gasteiger partial charge is 0.380 e. The molecule has 1 fully saturated rings. The topological polar surface area (TPSA) is 9.23 Å². The Morgan fingerprint density at radius 3 is 2.60 bits per heavy atom. The third-order valence-electron chi connectivity index (χ3n) is 2.20. The summed E-state index contributed by atoms with van der Waals surface area (Å²) in [4.78, 5) is 0. The molecule has 0 unspecified atom stereocenters. The predicted molar refractivity (Wildman–Crippen MR) is 42.9 cm³/mol. The summed E-state index contributed by atoms with van der Waals surface area (Å²) in [6, 6.07) is 0. The maximum Gasteiger partial charge on any atom is 0.0535 e. The molecule has 0 bridgehead atoms. The molecule has 0 aromatic rings. The molecule has 0 aliphatic carbocycles. The zero-order valence-corrected chi connectivity index (χ0v) is 7.05. The first-order valence-corrected chi connectivity index (χ1v) is 3.87. The Morgan fingerprint density at radius 2 is 2.20 bits per heavy atom. The minimum absolute atomic E-state index is 0.354. The Kier molecular flexibility index (Phi) is 2.14. The first kappa shape index (κ1) is 7.80. The van der Waals surface area contributed by atoms with Gasteiger partial charge in [-0.15, -0.1) is 0 Å². The number of hydrogen-bond acceptors (Lipinski definition) is 1. The van der Waals surface area contributed by atoms with Crippen molar-refractivity contribution in [2.45, 2.75) is 20.8 Å². The van der Waals surface area contributed by atoms with Gasteiger partial charge in [-0.05, 0) is 12.3 Å². The van der Waals surface area contributed by atoms with Crippen LogP contribution in [0, 0.1) is 11.3 Å². The zero-order valence-electron chi connectivity index (χ0n) is 7.05. The zero-order chi connectivity index (χ0) is 7.61. The Morgan fingerprint density at radius 1 is 1.50 bits per heavy atom. The van der Waals surface area contributed by atoms with Gasteiger partial charge in [0.25, 0.3) is 0 Å². The fourth-order valence-electron chi connectivity index (χ4n) is 1.33. The number of rotatable bonds is 1. The normalized spacial score (nSPS) is 31.7. The summed E-state index contributed by atoms with van der Waals surface area (Å²) in [5.41, 5.74) is 0.354. The summed E-state index contributed by atoms with van der Waals surface area (Å²) in [6.45, 7) is 8.38. The fraction of sp³-hybridized carbons (Fsp3) is 0.778. The second kappa shape index (κ2) is 2.75. The van der Waals surface area contributed by atoms with Gasteiger partial charge in [-0.25, -0.2) is 0 Å². The van der Waals surface area contributed by atoms with Crippen LogP contribution in [0.25, 0.3) is 0 Å². The molecule has 1 heteroatoms. The second-order valence-corrected chi connectivity index (χ2v) is 3.64. The highest BCUT2D eigenvalue weighted by molar-refractivity contribution is 4.96. The monoisotopic (exact) mass is 140 g/mol. The summed E-state index contributed by atoms with van der Waals surface area (Å²) in [5.74, 6) is 0.623. The maximum absolute atomic E-state index is 5.37. The molecule has 1 rings (SSSR count). The molecule has 1 saturated heterocycles. The van der Waals surface area contributed by atoms with E-state index in [1.165, 1.54) is 0 Å². The van der Waals surface area contributed by atoms with Gasteiger partial charge in [0.15, 0.2) is 0 Å². The van der Waals surface area contributed by atoms with Crippen molar-refractivity contribution in [3.8, 4) is 0 Å². The van der Waals surface area contributed by atoms with Crippen molar-refractivity contribution in [1.82, 2.24) is 0 Å². The van der Waals surface area contributed by atoms with Crippen LogP contribution in [0.2, 0.25) is 0 Å². The van der Waals surface area contributed by atoms with Gasteiger partial charge in [-0.2, -0.15) is 0 Å². The highest BCUT2D eigenvalue weighted by Gasteiger charge is 2.33. The van der Waals surface area contributed by atoms with Gasteiger partial charge in [0.1, 0.15) is 0 Å². The lowest BCUT2D eigenvalue weighted by molar-refractivity contribution is 0.166. The summed E-state index contributed by atoms with van der Waals surface area (Å²) in [5, 5.41) is 0. The van der Waals surface area contributed by atoms with Crippen LogP contribution in [0.3, 0.4) is 0 Å². The Labute approximate surface area is 63.1 Å². The quantitative estimate of drug-likeness (QED) is 0.507. The van der Waals surface area contributed by atoms with Gasteiger partial charge in [-0.3, -0.25) is 0 Å². The molecule has 0 amide bonds. The number of ether oxygens (including phenoxy) is 1. The third-order valence-corrected chi connectivity index (χ3v) is 2.20. The van der Waals surface area contributed by atoms with E-state index in [0.29, 0.717) is 11.3 Å². The van der Waals surface area contributed by atoms with E-state index in [-0.39, 0.29) is 0 Å². The van der Waals surface area contributed by atoms with Crippen LogP contribution < -0.4 is 0 Å². The van der Waals surface area contributed by atoms with E-state index in [9.17, 15) is 0 Å². The van der Waals surface area contributed by atoms with Crippen molar-refractivity contribution in [2.24, 2.45) is 11.3 Å². The lowest BCUT2D eigenvalue weighted by Gasteiger charge is -2.20. The van der Waals surface area contributed by atoms with E-state index in [1.54, 1.807) is 0 Å². The molecule has 0 radical (unpaired) electrons. The second-order valence-electron chi connectivity index (χ2n) is 3.64. The molecule has 1 nitrogen and oxygen atoms in total. The summed E-state index contributed by atoms with van der Waals surface area (Å²) in [6.07, 6.45) is 4.36. The van der Waals surface area contributed by atoms with Crippen molar-refractivity contribution < 1.29 is 4.74 Å². The maximum atomic E-state index is 5.37. The van der Waals surface area contributed by atoms with Crippen LogP contribution in [-0.2, 0) is 4.74 Å². The standard InChI is InChI=1S/C9H16O/c1-4-5-8-6-10-7-9(8,2)3/h4-5,8H,6-7H2,1-3H3/b5-4-/t8-/m0/s1. The van der Waals surface area contributed by atoms with E-state index in [0.717, 1.165) is 13.2 Å². The summed E-state index contributed by atoms with van der Waals surface area (Å²) in [7, 11) is 0. The molecule has 0 aromatic carbocycles. The lowest BCUT2D eigenvalue weighted by Crippen LogP contribution is -2.19. The van der Waals surface area contributed by atoms with Crippen molar-refractivity contribution in [3.05, 3.63) is 12.2 Å². The Bertz CT molecular complexity index is 136. The van der Waals surface area contributed by atoms with Crippen molar-refractivity contribution in [2.75, 3.05) is 13.2 Å². The highest BCUT2D eigenvalue weighted by Crippen LogP contribution is 2.33. The minimum atomic E-state index is 0.354. The molecule has 1 atom stereocenters. The number of hydrogen-bond donors (Lipinski definition) is 0. The van der Waals surface area contributed by atoms with Gasteiger partial charge >= 0.3 is 0 Å². The molecule has 1 heterocycles. The van der Waals surface area contributed by atoms with E-state index >= 15 is 0 Å². The van der Waals surface area contributed by atoms with Crippen LogP contribution in [0.4, 0.5) is 0 Å². The van der Waals surface area contributed by atoms with Gasteiger partial charge in [0.05, 0.1) is 13.2 Å². The molecule has 10 heavy (non-hydrogen) atoms. The number of allylic oxidation sites excluding steroid dienone is 1. The molecular weight excluding hydrogens is 124 g/mol. The highest BCUT2D eigenvalue weighted by atomic mass is 16.5. The van der Waals surface area contributed by atoms with Gasteiger partial charge in [0.2, 0.25) is 0 Å². The molecule has 0 saturated carbocycles. The van der Waals surface area contributed by atoms with Crippen molar-refractivity contribution in [1.29, 1.82) is 0 Å². The molecule has 0 aromatic heterocycles. The van der Waals surface area contributed by atoms with Crippen LogP contribution in [0.15, 0.2) is 12.2 Å². The lowest BCUT2D eigenvalue weighted by atomic mass is 9.82.